The number of H-pyrrole nitrogens is 1. The SMILES string of the molecule is Cc1ccc(C)c(NC(=S)NCCc2c(C)[nH]c3ccc(Cl)cc23)c1. The van der Waals surface area contributed by atoms with Crippen LogP contribution in [0.2, 0.25) is 5.02 Å². The summed E-state index contributed by atoms with van der Waals surface area (Å²) in [5.74, 6) is 0. The number of aromatic nitrogens is 1. The van der Waals surface area contributed by atoms with E-state index in [0.717, 1.165) is 29.2 Å². The number of aryl methyl sites for hydroxylation is 3. The van der Waals surface area contributed by atoms with E-state index >= 15 is 0 Å². The first kappa shape index (κ1) is 17.8. The summed E-state index contributed by atoms with van der Waals surface area (Å²) in [6.07, 6.45) is 0.876. The van der Waals surface area contributed by atoms with Crippen LogP contribution >= 0.6 is 23.8 Å². The van der Waals surface area contributed by atoms with Crippen molar-refractivity contribution >= 4 is 45.5 Å². The van der Waals surface area contributed by atoms with Crippen molar-refractivity contribution in [2.75, 3.05) is 11.9 Å². The fourth-order valence-corrected chi connectivity index (χ4v) is 3.40. The third kappa shape index (κ3) is 4.14. The van der Waals surface area contributed by atoms with Crippen LogP contribution in [0.3, 0.4) is 0 Å². The lowest BCUT2D eigenvalue weighted by atomic mass is 10.1. The molecule has 0 aliphatic rings. The molecule has 0 saturated heterocycles. The summed E-state index contributed by atoms with van der Waals surface area (Å²) in [6, 6.07) is 12.2. The highest BCUT2D eigenvalue weighted by molar-refractivity contribution is 7.80. The van der Waals surface area contributed by atoms with Gasteiger partial charge in [0.05, 0.1) is 0 Å². The number of hydrogen-bond acceptors (Lipinski definition) is 1. The number of aromatic amines is 1. The van der Waals surface area contributed by atoms with E-state index in [0.29, 0.717) is 5.11 Å². The van der Waals surface area contributed by atoms with Gasteiger partial charge in [-0.15, -0.1) is 0 Å². The maximum atomic E-state index is 6.14. The zero-order valence-corrected chi connectivity index (χ0v) is 16.2. The molecule has 0 atom stereocenters. The van der Waals surface area contributed by atoms with E-state index in [4.69, 9.17) is 23.8 Å². The Morgan fingerprint density at radius 1 is 1.12 bits per heavy atom. The number of fused-ring (bicyclic) bond motifs is 1. The summed E-state index contributed by atoms with van der Waals surface area (Å²) >= 11 is 11.6. The van der Waals surface area contributed by atoms with Crippen molar-refractivity contribution in [2.45, 2.75) is 27.2 Å². The van der Waals surface area contributed by atoms with Crippen LogP contribution < -0.4 is 10.6 Å². The van der Waals surface area contributed by atoms with E-state index in [1.54, 1.807) is 0 Å². The Balaban J connectivity index is 1.63. The fourth-order valence-electron chi connectivity index (χ4n) is 3.01. The lowest BCUT2D eigenvalue weighted by Gasteiger charge is -2.13. The van der Waals surface area contributed by atoms with Gasteiger partial charge in [-0.05, 0) is 80.4 Å². The molecule has 3 rings (SSSR count). The molecule has 3 nitrogen and oxygen atoms in total. The van der Waals surface area contributed by atoms with Gasteiger partial charge in [-0.25, -0.2) is 0 Å². The van der Waals surface area contributed by atoms with Gasteiger partial charge >= 0.3 is 0 Å². The third-order valence-electron chi connectivity index (χ3n) is 4.38. The molecule has 0 aliphatic carbocycles. The molecule has 3 N–H and O–H groups in total. The molecule has 0 bridgehead atoms. The van der Waals surface area contributed by atoms with Crippen LogP contribution in [0.4, 0.5) is 5.69 Å². The zero-order chi connectivity index (χ0) is 18.0. The Kier molecular flexibility index (Phi) is 5.30. The van der Waals surface area contributed by atoms with E-state index in [9.17, 15) is 0 Å². The standard InChI is InChI=1S/C20H22ClN3S/c1-12-4-5-13(2)19(10-12)24-20(25)22-9-8-16-14(3)23-18-7-6-15(21)11-17(16)18/h4-7,10-11,23H,8-9H2,1-3H3,(H2,22,24,25). The summed E-state index contributed by atoms with van der Waals surface area (Å²) in [6.45, 7) is 7.00. The minimum absolute atomic E-state index is 0.643. The van der Waals surface area contributed by atoms with Crippen LogP contribution in [0.15, 0.2) is 36.4 Å². The van der Waals surface area contributed by atoms with Crippen molar-refractivity contribution in [1.82, 2.24) is 10.3 Å². The number of hydrogen-bond donors (Lipinski definition) is 3. The Bertz CT molecular complexity index is 930. The number of nitrogens with one attached hydrogen (secondary N) is 3. The lowest BCUT2D eigenvalue weighted by molar-refractivity contribution is 0.871. The van der Waals surface area contributed by atoms with Gasteiger partial charge < -0.3 is 15.6 Å². The smallest absolute Gasteiger partial charge is 0.170 e. The number of benzene rings is 2. The number of halogens is 1. The van der Waals surface area contributed by atoms with E-state index in [-0.39, 0.29) is 0 Å². The van der Waals surface area contributed by atoms with Gasteiger partial charge in [0.15, 0.2) is 5.11 Å². The minimum atomic E-state index is 0.643. The predicted octanol–water partition coefficient (Wildman–Crippen LogP) is 5.28. The summed E-state index contributed by atoms with van der Waals surface area (Å²) < 4.78 is 0. The van der Waals surface area contributed by atoms with Gasteiger partial charge in [0.2, 0.25) is 0 Å². The number of rotatable bonds is 4. The van der Waals surface area contributed by atoms with Gasteiger partial charge in [0.25, 0.3) is 0 Å². The molecule has 0 spiro atoms. The highest BCUT2D eigenvalue weighted by atomic mass is 35.5. The molecule has 0 radical (unpaired) electrons. The van der Waals surface area contributed by atoms with Crippen LogP contribution in [0.1, 0.15) is 22.4 Å². The summed E-state index contributed by atoms with van der Waals surface area (Å²) in [5, 5.41) is 9.16. The molecule has 5 heteroatoms. The van der Waals surface area contributed by atoms with Gasteiger partial charge in [-0.2, -0.15) is 0 Å². The first-order valence-electron chi connectivity index (χ1n) is 8.33. The average molecular weight is 372 g/mol. The molecule has 1 heterocycles. The lowest BCUT2D eigenvalue weighted by Crippen LogP contribution is -2.30. The highest BCUT2D eigenvalue weighted by Crippen LogP contribution is 2.25. The van der Waals surface area contributed by atoms with Gasteiger partial charge in [0.1, 0.15) is 0 Å². The van der Waals surface area contributed by atoms with E-state index in [1.807, 2.05) is 18.2 Å². The Morgan fingerprint density at radius 3 is 2.72 bits per heavy atom. The Morgan fingerprint density at radius 2 is 1.92 bits per heavy atom. The molecular weight excluding hydrogens is 350 g/mol. The largest absolute Gasteiger partial charge is 0.362 e. The first-order chi connectivity index (χ1) is 11.9. The maximum absolute atomic E-state index is 6.14. The number of anilines is 1. The summed E-state index contributed by atoms with van der Waals surface area (Å²) in [7, 11) is 0. The summed E-state index contributed by atoms with van der Waals surface area (Å²) in [5.41, 5.74) is 7.01. The molecule has 2 aromatic carbocycles. The maximum Gasteiger partial charge on any atom is 0.170 e. The van der Waals surface area contributed by atoms with Gasteiger partial charge in [-0.1, -0.05) is 23.7 Å². The van der Waals surface area contributed by atoms with Crippen molar-refractivity contribution in [3.05, 3.63) is 63.8 Å². The quantitative estimate of drug-likeness (QED) is 0.547. The van der Waals surface area contributed by atoms with Crippen LogP contribution in [-0.2, 0) is 6.42 Å². The zero-order valence-electron chi connectivity index (χ0n) is 14.7. The van der Waals surface area contributed by atoms with E-state index in [2.05, 4.69) is 54.6 Å². The highest BCUT2D eigenvalue weighted by Gasteiger charge is 2.09. The van der Waals surface area contributed by atoms with Crippen LogP contribution in [0.25, 0.3) is 10.9 Å². The average Bonchev–Trinajstić information content (AvgIpc) is 2.86. The monoisotopic (exact) mass is 371 g/mol. The molecule has 0 aliphatic heterocycles. The molecule has 0 unspecified atom stereocenters. The fraction of sp³-hybridized carbons (Fsp3) is 0.250. The van der Waals surface area contributed by atoms with E-state index < -0.39 is 0 Å². The summed E-state index contributed by atoms with van der Waals surface area (Å²) in [4.78, 5) is 3.41. The number of thiocarbonyl (C=S) groups is 1. The third-order valence-corrected chi connectivity index (χ3v) is 4.86. The van der Waals surface area contributed by atoms with Crippen molar-refractivity contribution in [3.63, 3.8) is 0 Å². The molecule has 0 amide bonds. The molecule has 130 valence electrons. The van der Waals surface area contributed by atoms with Crippen molar-refractivity contribution < 1.29 is 0 Å². The molecule has 3 aromatic rings. The van der Waals surface area contributed by atoms with Crippen LogP contribution in [-0.4, -0.2) is 16.6 Å². The molecular formula is C20H22ClN3S. The second kappa shape index (κ2) is 7.46. The minimum Gasteiger partial charge on any atom is -0.362 e. The first-order valence-corrected chi connectivity index (χ1v) is 9.11. The second-order valence-corrected chi connectivity index (χ2v) is 7.21. The molecule has 0 saturated carbocycles. The van der Waals surface area contributed by atoms with E-state index in [1.165, 1.54) is 27.8 Å². The second-order valence-electron chi connectivity index (χ2n) is 6.37. The predicted molar refractivity (Wildman–Crippen MR) is 112 cm³/mol. The van der Waals surface area contributed by atoms with Gasteiger partial charge in [0, 0.05) is 33.9 Å². The Hall–Kier alpha value is -2.04. The molecule has 0 fully saturated rings. The van der Waals surface area contributed by atoms with Gasteiger partial charge in [-0.3, -0.25) is 0 Å². The van der Waals surface area contributed by atoms with Crippen molar-refractivity contribution in [3.8, 4) is 0 Å². The molecule has 25 heavy (non-hydrogen) atoms. The normalized spacial score (nSPS) is 10.9. The molecule has 1 aromatic heterocycles. The topological polar surface area (TPSA) is 39.8 Å². The van der Waals surface area contributed by atoms with Crippen molar-refractivity contribution in [1.29, 1.82) is 0 Å². The van der Waals surface area contributed by atoms with Crippen LogP contribution in [0.5, 0.6) is 0 Å². The van der Waals surface area contributed by atoms with Crippen molar-refractivity contribution in [2.24, 2.45) is 0 Å². The van der Waals surface area contributed by atoms with Crippen LogP contribution in [0, 0.1) is 20.8 Å². The Labute approximate surface area is 158 Å².